The topological polar surface area (TPSA) is 78.8 Å². The summed E-state index contributed by atoms with van der Waals surface area (Å²) in [6.45, 7) is 5.68. The summed E-state index contributed by atoms with van der Waals surface area (Å²) >= 11 is 0. The second kappa shape index (κ2) is 13.1. The third kappa shape index (κ3) is 6.01. The number of aliphatic imine (C=N–C) groups is 1. The normalized spacial score (nSPS) is 21.9. The number of carbonyl (C=O) groups excluding carboxylic acids is 2. The Balaban J connectivity index is -0.000000320. The summed E-state index contributed by atoms with van der Waals surface area (Å²) in [5.74, 6) is -1.04. The first-order valence-electron chi connectivity index (χ1n) is 5.62. The third-order valence-corrected chi connectivity index (χ3v) is 3.34. The molecule has 0 aliphatic carbocycles. The number of amides is 2. The van der Waals surface area contributed by atoms with E-state index in [2.05, 4.69) is 10.3 Å². The van der Waals surface area contributed by atoms with Gasteiger partial charge in [0.1, 0.15) is 5.41 Å². The zero-order valence-corrected chi connectivity index (χ0v) is 15.4. The van der Waals surface area contributed by atoms with Gasteiger partial charge in [-0.2, -0.15) is 4.99 Å². The molecule has 0 aromatic carbocycles. The fourth-order valence-corrected chi connectivity index (χ4v) is 2.31. The summed E-state index contributed by atoms with van der Waals surface area (Å²) in [7, 11) is 0. The van der Waals surface area contributed by atoms with Crippen molar-refractivity contribution in [2.45, 2.75) is 40.0 Å². The van der Waals surface area contributed by atoms with E-state index >= 15 is 0 Å². The number of amidine groups is 1. The second-order valence-corrected chi connectivity index (χ2v) is 4.21. The van der Waals surface area contributed by atoms with Crippen LogP contribution in [0.25, 0.3) is 0 Å². The SMILES string of the molecule is CCCC(C)C1(CC)C(=O)N=C(O)NC1=O.I.I.[AlH3].[NaH]. The van der Waals surface area contributed by atoms with E-state index in [0.29, 0.717) is 6.42 Å². The molecule has 114 valence electrons. The molecule has 1 aliphatic rings. The molecule has 1 aliphatic heterocycles. The average molecular weight is 536 g/mol. The number of nitrogens with zero attached hydrogens (tertiary/aromatic N) is 1. The number of aliphatic hydroxyl groups excluding tert-OH is 1. The minimum atomic E-state index is -1.11. The van der Waals surface area contributed by atoms with Crippen LogP contribution in [-0.4, -0.2) is 69.9 Å². The number of nitrogens with one attached hydrogen (secondary N) is 1. The average Bonchev–Trinajstić information content (AvgIpc) is 2.18. The van der Waals surface area contributed by atoms with Gasteiger partial charge in [-0.1, -0.05) is 27.2 Å². The van der Waals surface area contributed by atoms with Crippen LogP contribution in [-0.2, 0) is 9.59 Å². The van der Waals surface area contributed by atoms with Crippen molar-refractivity contribution in [1.29, 1.82) is 0 Å². The van der Waals surface area contributed by atoms with Gasteiger partial charge in [-0.15, -0.1) is 48.0 Å². The zero-order chi connectivity index (χ0) is 12.3. The van der Waals surface area contributed by atoms with Crippen molar-refractivity contribution in [2.75, 3.05) is 0 Å². The molecule has 1 heterocycles. The van der Waals surface area contributed by atoms with Gasteiger partial charge in [0, 0.05) is 0 Å². The molecule has 2 N–H and O–H groups in total. The van der Waals surface area contributed by atoms with E-state index in [-0.39, 0.29) is 101 Å². The summed E-state index contributed by atoms with van der Waals surface area (Å²) in [6.07, 6.45) is 2.08. The first kappa shape index (κ1) is 29.6. The van der Waals surface area contributed by atoms with Gasteiger partial charge < -0.3 is 5.11 Å². The maximum atomic E-state index is 11.9. The van der Waals surface area contributed by atoms with Crippen LogP contribution < -0.4 is 5.32 Å². The van der Waals surface area contributed by atoms with E-state index in [0.717, 1.165) is 12.8 Å². The van der Waals surface area contributed by atoms with E-state index in [9.17, 15) is 9.59 Å². The molecule has 0 fully saturated rings. The van der Waals surface area contributed by atoms with Crippen molar-refractivity contribution < 1.29 is 14.7 Å². The van der Waals surface area contributed by atoms with E-state index in [1.807, 2.05) is 13.8 Å². The van der Waals surface area contributed by atoms with E-state index < -0.39 is 23.3 Å². The van der Waals surface area contributed by atoms with E-state index in [4.69, 9.17) is 5.11 Å². The third-order valence-electron chi connectivity index (χ3n) is 3.34. The minimum absolute atomic E-state index is 0. The summed E-state index contributed by atoms with van der Waals surface area (Å²) in [5.41, 5.74) is -1.11. The van der Waals surface area contributed by atoms with Crippen molar-refractivity contribution in [3.8, 4) is 0 Å². The Kier molecular flexibility index (Phi) is 19.4. The molecule has 0 saturated carbocycles. The molecule has 9 heteroatoms. The van der Waals surface area contributed by atoms with Gasteiger partial charge in [-0.05, 0) is 18.8 Å². The molecule has 0 spiro atoms. The Hall–Kier alpha value is 1.60. The van der Waals surface area contributed by atoms with Gasteiger partial charge in [0.25, 0.3) is 11.9 Å². The van der Waals surface area contributed by atoms with Gasteiger partial charge in [0.05, 0.1) is 0 Å². The standard InChI is InChI=1S/C11H18N2O3.Al.2HI.Na.4H/c1-4-6-7(3)11(5-2)8(14)12-10(16)13-9(11)15;;;;;;;;/h7H,4-6H2,1-3H3,(H2,12,13,14,15,16);;2*1H;;;;;. The van der Waals surface area contributed by atoms with Crippen LogP contribution in [0.3, 0.4) is 0 Å². The molecule has 0 aromatic rings. The van der Waals surface area contributed by atoms with Crippen LogP contribution in [0.2, 0.25) is 0 Å². The van der Waals surface area contributed by atoms with Crippen LogP contribution in [0.15, 0.2) is 4.99 Å². The van der Waals surface area contributed by atoms with Crippen LogP contribution in [0, 0.1) is 11.3 Å². The summed E-state index contributed by atoms with van der Waals surface area (Å²) in [6, 6.07) is -0.595. The molecule has 0 radical (unpaired) electrons. The molecule has 5 nitrogen and oxygen atoms in total. The number of aliphatic hydroxyl groups is 1. The summed E-state index contributed by atoms with van der Waals surface area (Å²) in [4.78, 5) is 27.2. The fourth-order valence-electron chi connectivity index (χ4n) is 2.31. The molecule has 2 atom stereocenters. The predicted octanol–water partition coefficient (Wildman–Crippen LogP) is 0.793. The molecule has 1 rings (SSSR count). The first-order chi connectivity index (χ1) is 7.48. The Bertz CT molecular complexity index is 359. The molecule has 0 bridgehead atoms. The molecular weight excluding hydrogens is 512 g/mol. The zero-order valence-electron chi connectivity index (χ0n) is 10.7. The molecule has 0 saturated heterocycles. The van der Waals surface area contributed by atoms with Crippen LogP contribution in [0.1, 0.15) is 40.0 Å². The van der Waals surface area contributed by atoms with Crippen molar-refractivity contribution in [3.63, 3.8) is 0 Å². The Morgan fingerprint density at radius 2 is 1.80 bits per heavy atom. The maximum absolute atomic E-state index is 11.9. The predicted molar refractivity (Wildman–Crippen MR) is 108 cm³/mol. The number of carbonyl (C=O) groups is 2. The molecule has 2 unspecified atom stereocenters. The molecule has 20 heavy (non-hydrogen) atoms. The van der Waals surface area contributed by atoms with Crippen molar-refractivity contribution in [2.24, 2.45) is 16.3 Å². The Morgan fingerprint density at radius 3 is 2.15 bits per heavy atom. The van der Waals surface area contributed by atoms with Crippen molar-refractivity contribution in [3.05, 3.63) is 0 Å². The van der Waals surface area contributed by atoms with Crippen molar-refractivity contribution >= 4 is 113 Å². The summed E-state index contributed by atoms with van der Waals surface area (Å²) < 4.78 is 0. The second-order valence-electron chi connectivity index (χ2n) is 4.21. The molecular formula is C11H24AlI2N2NaO3. The summed E-state index contributed by atoms with van der Waals surface area (Å²) in [5, 5.41) is 11.3. The Labute approximate surface area is 187 Å². The number of rotatable bonds is 4. The van der Waals surface area contributed by atoms with Gasteiger partial charge in [-0.25, -0.2) is 0 Å². The van der Waals surface area contributed by atoms with E-state index in [1.54, 1.807) is 6.92 Å². The molecule has 0 aromatic heterocycles. The van der Waals surface area contributed by atoms with Gasteiger partial charge >= 0.3 is 29.6 Å². The number of hydrogen-bond acceptors (Lipinski definition) is 2. The Morgan fingerprint density at radius 1 is 1.30 bits per heavy atom. The van der Waals surface area contributed by atoms with Gasteiger partial charge in [-0.3, -0.25) is 14.9 Å². The van der Waals surface area contributed by atoms with Gasteiger partial charge in [0.2, 0.25) is 5.91 Å². The van der Waals surface area contributed by atoms with Crippen LogP contribution >= 0.6 is 48.0 Å². The first-order valence-corrected chi connectivity index (χ1v) is 5.62. The number of halogens is 2. The number of hydrogen-bond donors (Lipinski definition) is 2. The molecule has 2 amide bonds. The van der Waals surface area contributed by atoms with E-state index in [1.165, 1.54) is 0 Å². The van der Waals surface area contributed by atoms with Crippen LogP contribution in [0.5, 0.6) is 0 Å². The monoisotopic (exact) mass is 536 g/mol. The van der Waals surface area contributed by atoms with Crippen LogP contribution in [0.4, 0.5) is 0 Å². The fraction of sp³-hybridized carbons (Fsp3) is 0.727. The van der Waals surface area contributed by atoms with Gasteiger partial charge in [0.15, 0.2) is 17.4 Å². The quantitative estimate of drug-likeness (QED) is 0.317. The van der Waals surface area contributed by atoms with Crippen molar-refractivity contribution in [1.82, 2.24) is 5.32 Å².